The lowest BCUT2D eigenvalue weighted by Gasteiger charge is -2.31. The summed E-state index contributed by atoms with van der Waals surface area (Å²) in [7, 11) is 2.67. The van der Waals surface area contributed by atoms with E-state index in [2.05, 4.69) is 4.74 Å². The fourth-order valence-corrected chi connectivity index (χ4v) is 1.49. The highest BCUT2D eigenvalue weighted by molar-refractivity contribution is 5.76. The van der Waals surface area contributed by atoms with Crippen molar-refractivity contribution < 1.29 is 19.4 Å². The molecule has 0 saturated heterocycles. The van der Waals surface area contributed by atoms with Crippen LogP contribution in [0.4, 0.5) is 0 Å². The van der Waals surface area contributed by atoms with Crippen LogP contribution in [0, 0.1) is 0 Å². The van der Waals surface area contributed by atoms with Crippen molar-refractivity contribution in [3.05, 3.63) is 35.9 Å². The van der Waals surface area contributed by atoms with Gasteiger partial charge in [0.2, 0.25) is 0 Å². The minimum atomic E-state index is -1.36. The highest BCUT2D eigenvalue weighted by atomic mass is 16.6. The number of aliphatic hydroxyl groups excluding tert-OH is 1. The molecule has 0 aliphatic carbocycles. The van der Waals surface area contributed by atoms with E-state index in [0.29, 0.717) is 0 Å². The highest BCUT2D eigenvalue weighted by Crippen LogP contribution is 2.28. The quantitative estimate of drug-likeness (QED) is 0.778. The maximum atomic E-state index is 11.3. The largest absolute Gasteiger partial charge is 0.467 e. The van der Waals surface area contributed by atoms with Gasteiger partial charge in [-0.2, -0.15) is 0 Å². The molecule has 4 heteroatoms. The summed E-state index contributed by atoms with van der Waals surface area (Å²) < 4.78 is 9.77. The van der Waals surface area contributed by atoms with Crippen molar-refractivity contribution in [2.75, 3.05) is 14.2 Å². The number of carbonyl (C=O) groups is 1. The van der Waals surface area contributed by atoms with Crippen LogP contribution in [0.1, 0.15) is 12.5 Å². The molecule has 0 aliphatic heterocycles. The molecule has 0 aliphatic rings. The highest BCUT2D eigenvalue weighted by Gasteiger charge is 2.40. The summed E-state index contributed by atoms with van der Waals surface area (Å²) in [6, 6.07) is 9.06. The van der Waals surface area contributed by atoms with Crippen molar-refractivity contribution in [2.45, 2.75) is 18.6 Å². The van der Waals surface area contributed by atoms with E-state index in [0.717, 1.165) is 5.56 Å². The average Bonchev–Trinajstić information content (AvgIpc) is 2.37. The molecule has 2 atom stereocenters. The number of ether oxygens (including phenoxy) is 2. The third kappa shape index (κ3) is 2.23. The van der Waals surface area contributed by atoms with Crippen molar-refractivity contribution in [2.24, 2.45) is 0 Å². The molecule has 0 radical (unpaired) electrons. The number of aliphatic hydroxyl groups is 1. The lowest BCUT2D eigenvalue weighted by molar-refractivity contribution is -0.170. The first kappa shape index (κ1) is 12.7. The zero-order valence-electron chi connectivity index (χ0n) is 9.64. The van der Waals surface area contributed by atoms with Gasteiger partial charge in [-0.05, 0) is 12.5 Å². The smallest absolute Gasteiger partial charge is 0.338 e. The van der Waals surface area contributed by atoms with Gasteiger partial charge in [0.1, 0.15) is 5.60 Å². The second-order valence-corrected chi connectivity index (χ2v) is 3.60. The minimum absolute atomic E-state index is 0.715. The van der Waals surface area contributed by atoms with E-state index in [9.17, 15) is 9.90 Å². The Hall–Kier alpha value is -1.39. The first-order chi connectivity index (χ1) is 7.56. The van der Waals surface area contributed by atoms with Crippen molar-refractivity contribution in [1.29, 1.82) is 0 Å². The van der Waals surface area contributed by atoms with E-state index in [-0.39, 0.29) is 0 Å². The van der Waals surface area contributed by atoms with Gasteiger partial charge in [-0.3, -0.25) is 0 Å². The molecule has 1 N–H and O–H groups in total. The van der Waals surface area contributed by atoms with E-state index < -0.39 is 17.7 Å². The zero-order chi connectivity index (χ0) is 12.2. The molecule has 0 saturated carbocycles. The molecule has 0 aromatic heterocycles. The topological polar surface area (TPSA) is 55.8 Å². The Morgan fingerprint density at radius 2 is 1.88 bits per heavy atom. The second-order valence-electron chi connectivity index (χ2n) is 3.60. The first-order valence-corrected chi connectivity index (χ1v) is 4.93. The molecule has 2 unspecified atom stereocenters. The molecule has 1 rings (SSSR count). The van der Waals surface area contributed by atoms with Crippen molar-refractivity contribution >= 4 is 5.97 Å². The molecular formula is C12H16O4. The first-order valence-electron chi connectivity index (χ1n) is 4.93. The lowest BCUT2D eigenvalue weighted by atomic mass is 9.90. The summed E-state index contributed by atoms with van der Waals surface area (Å²) >= 11 is 0. The molecule has 1 aromatic carbocycles. The number of hydrogen-bond donors (Lipinski definition) is 1. The van der Waals surface area contributed by atoms with E-state index in [4.69, 9.17) is 4.74 Å². The normalized spacial score (nSPS) is 16.2. The number of esters is 1. The predicted molar refractivity (Wildman–Crippen MR) is 58.8 cm³/mol. The van der Waals surface area contributed by atoms with Crippen LogP contribution in [0.25, 0.3) is 0 Å². The number of benzene rings is 1. The lowest BCUT2D eigenvalue weighted by Crippen LogP contribution is -2.44. The van der Waals surface area contributed by atoms with Crippen molar-refractivity contribution in [3.63, 3.8) is 0 Å². The van der Waals surface area contributed by atoms with Gasteiger partial charge in [-0.25, -0.2) is 4.79 Å². The van der Waals surface area contributed by atoms with Gasteiger partial charge in [0, 0.05) is 7.11 Å². The molecular weight excluding hydrogens is 208 g/mol. The Morgan fingerprint density at radius 3 is 2.31 bits per heavy atom. The van der Waals surface area contributed by atoms with Crippen LogP contribution in [-0.2, 0) is 19.9 Å². The minimum Gasteiger partial charge on any atom is -0.467 e. The van der Waals surface area contributed by atoms with Crippen molar-refractivity contribution in [3.8, 4) is 0 Å². The fourth-order valence-electron chi connectivity index (χ4n) is 1.49. The van der Waals surface area contributed by atoms with Crippen LogP contribution in [0.3, 0.4) is 0 Å². The molecule has 0 spiro atoms. The van der Waals surface area contributed by atoms with Crippen LogP contribution >= 0.6 is 0 Å². The summed E-state index contributed by atoms with van der Waals surface area (Å²) in [6.45, 7) is 1.64. The standard InChI is InChI=1S/C12H16O4/c1-12(16-3,10(13)11(14)15-2)9-7-5-4-6-8-9/h4-8,10,13H,1-3H3. The van der Waals surface area contributed by atoms with E-state index >= 15 is 0 Å². The molecule has 88 valence electrons. The maximum Gasteiger partial charge on any atom is 0.338 e. The fraction of sp³-hybridized carbons (Fsp3) is 0.417. The van der Waals surface area contributed by atoms with Gasteiger partial charge in [-0.15, -0.1) is 0 Å². The van der Waals surface area contributed by atoms with Gasteiger partial charge in [0.15, 0.2) is 6.10 Å². The molecule has 0 bridgehead atoms. The average molecular weight is 224 g/mol. The van der Waals surface area contributed by atoms with Gasteiger partial charge in [-0.1, -0.05) is 30.3 Å². The summed E-state index contributed by atoms with van der Waals surface area (Å²) in [5.74, 6) is -0.715. The van der Waals surface area contributed by atoms with Crippen molar-refractivity contribution in [1.82, 2.24) is 0 Å². The Morgan fingerprint density at radius 1 is 1.31 bits per heavy atom. The third-order valence-corrected chi connectivity index (χ3v) is 2.72. The van der Waals surface area contributed by atoms with E-state index in [1.807, 2.05) is 18.2 Å². The summed E-state index contributed by atoms with van der Waals surface area (Å²) in [5.41, 5.74) is -0.385. The van der Waals surface area contributed by atoms with Gasteiger partial charge in [0.05, 0.1) is 7.11 Å². The number of hydrogen-bond acceptors (Lipinski definition) is 4. The van der Waals surface area contributed by atoms with Crippen LogP contribution in [-0.4, -0.2) is 31.4 Å². The van der Waals surface area contributed by atoms with Gasteiger partial charge in [0.25, 0.3) is 0 Å². The molecule has 0 fully saturated rings. The van der Waals surface area contributed by atoms with Crippen LogP contribution in [0.2, 0.25) is 0 Å². The Bertz CT molecular complexity index is 349. The molecule has 0 amide bonds. The molecule has 4 nitrogen and oxygen atoms in total. The predicted octanol–water partition coefficient (Wildman–Crippen LogP) is 1.08. The Labute approximate surface area is 94.8 Å². The van der Waals surface area contributed by atoms with Crippen LogP contribution < -0.4 is 0 Å². The van der Waals surface area contributed by atoms with Crippen LogP contribution in [0.5, 0.6) is 0 Å². The number of rotatable bonds is 4. The number of methoxy groups -OCH3 is 2. The number of carbonyl (C=O) groups excluding carboxylic acids is 1. The zero-order valence-corrected chi connectivity index (χ0v) is 9.64. The molecule has 16 heavy (non-hydrogen) atoms. The molecule has 1 aromatic rings. The summed E-state index contributed by atoms with van der Waals surface area (Å²) in [6.07, 6.45) is -1.36. The van der Waals surface area contributed by atoms with Crippen LogP contribution in [0.15, 0.2) is 30.3 Å². The Kier molecular flexibility index (Phi) is 4.04. The SMILES string of the molecule is COC(=O)C(O)C(C)(OC)c1ccccc1. The van der Waals surface area contributed by atoms with E-state index in [1.165, 1.54) is 14.2 Å². The molecule has 0 heterocycles. The van der Waals surface area contributed by atoms with E-state index in [1.54, 1.807) is 19.1 Å². The van der Waals surface area contributed by atoms with Gasteiger partial charge < -0.3 is 14.6 Å². The maximum absolute atomic E-state index is 11.3. The monoisotopic (exact) mass is 224 g/mol. The Balaban J connectivity index is 3.07. The third-order valence-electron chi connectivity index (χ3n) is 2.72. The van der Waals surface area contributed by atoms with Gasteiger partial charge >= 0.3 is 5.97 Å². The summed E-state index contributed by atoms with van der Waals surface area (Å²) in [5, 5.41) is 9.89. The summed E-state index contributed by atoms with van der Waals surface area (Å²) in [4.78, 5) is 11.3. The second kappa shape index (κ2) is 5.09.